The third-order valence-electron chi connectivity index (χ3n) is 3.34. The SMILES string of the molecule is Cc1cc(C(=O)Nc2ccc(F)c(N)c2)c2ccccc2n1. The molecule has 5 heteroatoms. The molecule has 110 valence electrons. The Kier molecular flexibility index (Phi) is 3.47. The number of aromatic nitrogens is 1. The summed E-state index contributed by atoms with van der Waals surface area (Å²) < 4.78 is 13.2. The van der Waals surface area contributed by atoms with Crippen molar-refractivity contribution < 1.29 is 9.18 Å². The Hall–Kier alpha value is -2.95. The summed E-state index contributed by atoms with van der Waals surface area (Å²) in [4.78, 5) is 16.9. The van der Waals surface area contributed by atoms with Gasteiger partial charge in [-0.3, -0.25) is 9.78 Å². The molecule has 4 nitrogen and oxygen atoms in total. The first-order valence-corrected chi connectivity index (χ1v) is 6.77. The molecule has 3 rings (SSSR count). The highest BCUT2D eigenvalue weighted by molar-refractivity contribution is 6.12. The molecule has 0 bridgehead atoms. The average Bonchev–Trinajstić information content (AvgIpc) is 2.50. The number of fused-ring (bicyclic) bond motifs is 1. The van der Waals surface area contributed by atoms with Crippen LogP contribution in [-0.4, -0.2) is 10.9 Å². The molecular weight excluding hydrogens is 281 g/mol. The molecule has 3 aromatic rings. The van der Waals surface area contributed by atoms with Gasteiger partial charge >= 0.3 is 0 Å². The summed E-state index contributed by atoms with van der Waals surface area (Å²) in [6, 6.07) is 13.2. The molecular formula is C17H14FN3O. The molecule has 0 aliphatic carbocycles. The second kappa shape index (κ2) is 5.44. The fourth-order valence-electron chi connectivity index (χ4n) is 2.32. The van der Waals surface area contributed by atoms with Crippen molar-refractivity contribution in [1.29, 1.82) is 0 Å². The van der Waals surface area contributed by atoms with Gasteiger partial charge in [-0.05, 0) is 37.3 Å². The van der Waals surface area contributed by atoms with E-state index in [-0.39, 0.29) is 11.6 Å². The lowest BCUT2D eigenvalue weighted by Gasteiger charge is -2.09. The Morgan fingerprint density at radius 1 is 1.18 bits per heavy atom. The summed E-state index contributed by atoms with van der Waals surface area (Å²) >= 11 is 0. The zero-order chi connectivity index (χ0) is 15.7. The molecule has 0 spiro atoms. The minimum atomic E-state index is -0.511. The molecule has 1 heterocycles. The number of halogens is 1. The number of nitrogen functional groups attached to an aromatic ring is 1. The molecule has 2 aromatic carbocycles. The van der Waals surface area contributed by atoms with Crippen LogP contribution in [0.4, 0.5) is 15.8 Å². The van der Waals surface area contributed by atoms with Crippen LogP contribution >= 0.6 is 0 Å². The number of amides is 1. The summed E-state index contributed by atoms with van der Waals surface area (Å²) in [5.74, 6) is -0.795. The maximum Gasteiger partial charge on any atom is 0.256 e. The van der Waals surface area contributed by atoms with Gasteiger partial charge in [-0.25, -0.2) is 4.39 Å². The summed E-state index contributed by atoms with van der Waals surface area (Å²) in [6.45, 7) is 1.83. The van der Waals surface area contributed by atoms with E-state index in [1.165, 1.54) is 18.2 Å². The fraction of sp³-hybridized carbons (Fsp3) is 0.0588. The van der Waals surface area contributed by atoms with Gasteiger partial charge in [0, 0.05) is 16.8 Å². The number of hydrogen-bond donors (Lipinski definition) is 2. The molecule has 1 aromatic heterocycles. The van der Waals surface area contributed by atoms with Crippen molar-refractivity contribution in [2.24, 2.45) is 0 Å². The van der Waals surface area contributed by atoms with Gasteiger partial charge in [-0.1, -0.05) is 18.2 Å². The van der Waals surface area contributed by atoms with Gasteiger partial charge in [-0.2, -0.15) is 0 Å². The predicted molar refractivity (Wildman–Crippen MR) is 85.2 cm³/mol. The second-order valence-corrected chi connectivity index (χ2v) is 5.02. The summed E-state index contributed by atoms with van der Waals surface area (Å²) in [5.41, 5.74) is 7.98. The van der Waals surface area contributed by atoms with Crippen LogP contribution in [0.25, 0.3) is 10.9 Å². The lowest BCUT2D eigenvalue weighted by atomic mass is 10.1. The number of rotatable bonds is 2. The molecule has 3 N–H and O–H groups in total. The molecule has 0 radical (unpaired) electrons. The van der Waals surface area contributed by atoms with Gasteiger partial charge in [0.2, 0.25) is 0 Å². The molecule has 0 aliphatic heterocycles. The molecule has 0 saturated carbocycles. The van der Waals surface area contributed by atoms with Crippen LogP contribution in [-0.2, 0) is 0 Å². The summed E-state index contributed by atoms with van der Waals surface area (Å²) in [5, 5.41) is 3.50. The number of anilines is 2. The number of benzene rings is 2. The standard InChI is InChI=1S/C17H14FN3O/c1-10-8-13(12-4-2-3-5-16(12)20-10)17(22)21-11-6-7-14(18)15(19)9-11/h2-9H,19H2,1H3,(H,21,22). The Morgan fingerprint density at radius 2 is 1.95 bits per heavy atom. The smallest absolute Gasteiger partial charge is 0.256 e. The minimum Gasteiger partial charge on any atom is -0.396 e. The van der Waals surface area contributed by atoms with Crippen LogP contribution in [0.5, 0.6) is 0 Å². The highest BCUT2D eigenvalue weighted by Gasteiger charge is 2.12. The number of nitrogens with one attached hydrogen (secondary N) is 1. The Bertz CT molecular complexity index is 877. The van der Waals surface area contributed by atoms with Crippen molar-refractivity contribution in [2.75, 3.05) is 11.1 Å². The van der Waals surface area contributed by atoms with Crippen LogP contribution in [0, 0.1) is 12.7 Å². The Morgan fingerprint density at radius 3 is 2.73 bits per heavy atom. The molecule has 1 amide bonds. The van der Waals surface area contributed by atoms with E-state index in [4.69, 9.17) is 5.73 Å². The van der Waals surface area contributed by atoms with Crippen molar-refractivity contribution in [2.45, 2.75) is 6.92 Å². The van der Waals surface area contributed by atoms with E-state index in [0.29, 0.717) is 11.3 Å². The van der Waals surface area contributed by atoms with E-state index < -0.39 is 5.82 Å². The predicted octanol–water partition coefficient (Wildman–Crippen LogP) is 3.52. The van der Waals surface area contributed by atoms with Crippen LogP contribution in [0.3, 0.4) is 0 Å². The maximum absolute atomic E-state index is 13.2. The van der Waals surface area contributed by atoms with E-state index in [2.05, 4.69) is 10.3 Å². The second-order valence-electron chi connectivity index (χ2n) is 5.02. The van der Waals surface area contributed by atoms with Crippen molar-refractivity contribution in [1.82, 2.24) is 4.98 Å². The van der Waals surface area contributed by atoms with E-state index in [0.717, 1.165) is 16.6 Å². The number of carbonyl (C=O) groups is 1. The van der Waals surface area contributed by atoms with Gasteiger partial charge in [-0.15, -0.1) is 0 Å². The third kappa shape index (κ3) is 2.61. The number of aryl methyl sites for hydroxylation is 1. The number of nitrogens with zero attached hydrogens (tertiary/aromatic N) is 1. The van der Waals surface area contributed by atoms with Gasteiger partial charge in [0.1, 0.15) is 5.82 Å². The number of para-hydroxylation sites is 1. The van der Waals surface area contributed by atoms with Crippen molar-refractivity contribution in [3.05, 3.63) is 65.6 Å². The van der Waals surface area contributed by atoms with Gasteiger partial charge in [0.15, 0.2) is 0 Å². The Balaban J connectivity index is 2.00. The highest BCUT2D eigenvalue weighted by atomic mass is 19.1. The van der Waals surface area contributed by atoms with Crippen LogP contribution in [0.1, 0.15) is 16.1 Å². The first-order valence-electron chi connectivity index (χ1n) is 6.77. The fourth-order valence-corrected chi connectivity index (χ4v) is 2.32. The number of nitrogens with two attached hydrogens (primary N) is 1. The van der Waals surface area contributed by atoms with Gasteiger partial charge in [0.05, 0.1) is 16.8 Å². The summed E-state index contributed by atoms with van der Waals surface area (Å²) in [6.07, 6.45) is 0. The monoisotopic (exact) mass is 295 g/mol. The molecule has 22 heavy (non-hydrogen) atoms. The quantitative estimate of drug-likeness (QED) is 0.711. The van der Waals surface area contributed by atoms with E-state index >= 15 is 0 Å². The molecule has 0 saturated heterocycles. The maximum atomic E-state index is 13.2. The van der Waals surface area contributed by atoms with Crippen molar-refractivity contribution >= 4 is 28.2 Å². The summed E-state index contributed by atoms with van der Waals surface area (Å²) in [7, 11) is 0. The van der Waals surface area contributed by atoms with Crippen molar-refractivity contribution in [3.63, 3.8) is 0 Å². The van der Waals surface area contributed by atoms with Crippen molar-refractivity contribution in [3.8, 4) is 0 Å². The normalized spacial score (nSPS) is 10.6. The molecule has 0 aliphatic rings. The zero-order valence-corrected chi connectivity index (χ0v) is 11.9. The highest BCUT2D eigenvalue weighted by Crippen LogP contribution is 2.21. The topological polar surface area (TPSA) is 68.0 Å². The zero-order valence-electron chi connectivity index (χ0n) is 11.9. The van der Waals surface area contributed by atoms with Gasteiger partial charge < -0.3 is 11.1 Å². The minimum absolute atomic E-state index is 0.00596. The van der Waals surface area contributed by atoms with Gasteiger partial charge in [0.25, 0.3) is 5.91 Å². The lowest BCUT2D eigenvalue weighted by Crippen LogP contribution is -2.13. The van der Waals surface area contributed by atoms with Crippen LogP contribution < -0.4 is 11.1 Å². The van der Waals surface area contributed by atoms with E-state index in [9.17, 15) is 9.18 Å². The van der Waals surface area contributed by atoms with Crippen LogP contribution in [0.15, 0.2) is 48.5 Å². The molecule has 0 fully saturated rings. The number of carbonyl (C=O) groups excluding carboxylic acids is 1. The first kappa shape index (κ1) is 14.0. The first-order chi connectivity index (χ1) is 10.5. The number of hydrogen-bond acceptors (Lipinski definition) is 3. The van der Waals surface area contributed by atoms with Crippen LogP contribution in [0.2, 0.25) is 0 Å². The Labute approximate surface area is 126 Å². The van der Waals surface area contributed by atoms with E-state index in [1.807, 2.05) is 31.2 Å². The lowest BCUT2D eigenvalue weighted by molar-refractivity contribution is 0.102. The third-order valence-corrected chi connectivity index (χ3v) is 3.34. The number of pyridine rings is 1. The molecule has 0 unspecified atom stereocenters. The largest absolute Gasteiger partial charge is 0.396 e. The molecule has 0 atom stereocenters. The van der Waals surface area contributed by atoms with E-state index in [1.54, 1.807) is 6.07 Å². The average molecular weight is 295 g/mol.